The number of hydrogen-bond donors (Lipinski definition) is 12. The lowest BCUT2D eigenvalue weighted by atomic mass is 9.96. The first kappa shape index (κ1) is 69.3. The number of hydrogen-bond acceptors (Lipinski definition) is 18. The second kappa shape index (κ2) is 41.9. The van der Waals surface area contributed by atoms with Gasteiger partial charge in [0.2, 0.25) is 5.91 Å². The molecule has 3 aliphatic heterocycles. The van der Waals surface area contributed by atoms with Crippen molar-refractivity contribution in [3.63, 3.8) is 0 Å². The molecule has 0 aromatic carbocycles. The quantitative estimate of drug-likeness (QED) is 0.0285. The Morgan fingerprint density at radius 1 is 0.468 bits per heavy atom. The van der Waals surface area contributed by atoms with Gasteiger partial charge in [0, 0.05) is 6.42 Å². The van der Waals surface area contributed by atoms with E-state index in [1.807, 2.05) is 6.08 Å². The van der Waals surface area contributed by atoms with Crippen LogP contribution in [0.3, 0.4) is 0 Å². The maximum atomic E-state index is 13.3. The Morgan fingerprint density at radius 3 is 1.34 bits per heavy atom. The number of nitrogens with one attached hydrogen (secondary N) is 1. The molecule has 17 unspecified atom stereocenters. The first-order valence-corrected chi connectivity index (χ1v) is 29.7. The first-order valence-electron chi connectivity index (χ1n) is 29.7. The van der Waals surface area contributed by atoms with Gasteiger partial charge in [0.05, 0.1) is 38.6 Å². The van der Waals surface area contributed by atoms with Crippen molar-refractivity contribution in [1.82, 2.24) is 5.32 Å². The summed E-state index contributed by atoms with van der Waals surface area (Å²) in [6.45, 7) is 1.68. The van der Waals surface area contributed by atoms with Crippen molar-refractivity contribution in [2.45, 2.75) is 298 Å². The molecule has 19 nitrogen and oxygen atoms in total. The van der Waals surface area contributed by atoms with Crippen molar-refractivity contribution < 1.29 is 89.4 Å². The Labute approximate surface area is 460 Å². The minimum atomic E-state index is -1.98. The minimum Gasteiger partial charge on any atom is -0.394 e. The molecule has 3 saturated heterocycles. The zero-order valence-electron chi connectivity index (χ0n) is 46.7. The average molecular weight is 1100 g/mol. The van der Waals surface area contributed by atoms with Crippen LogP contribution in [0.5, 0.6) is 0 Å². The molecule has 3 aliphatic rings. The minimum absolute atomic E-state index is 0.234. The van der Waals surface area contributed by atoms with E-state index in [1.54, 1.807) is 6.08 Å². The van der Waals surface area contributed by atoms with Gasteiger partial charge in [0.1, 0.15) is 73.2 Å². The van der Waals surface area contributed by atoms with Crippen LogP contribution in [0, 0.1) is 0 Å². The summed E-state index contributed by atoms with van der Waals surface area (Å²) in [6, 6.07) is -0.975. The third-order valence-electron chi connectivity index (χ3n) is 14.9. The van der Waals surface area contributed by atoms with Crippen molar-refractivity contribution >= 4 is 5.91 Å². The monoisotopic (exact) mass is 1100 g/mol. The molecule has 0 spiro atoms. The van der Waals surface area contributed by atoms with E-state index in [9.17, 15) is 61.0 Å². The highest BCUT2D eigenvalue weighted by atomic mass is 16.8. The summed E-state index contributed by atoms with van der Waals surface area (Å²) >= 11 is 0. The SMILES string of the molecule is CCCCCC/C=C\C/C=C\CCCCCCCCCC(=O)NC(COC1OC(CO)C(OC2OC(CO)C(OC3OC(CO)C(O)C(O)C3O)C(O)C2O)C(O)C1O)C(O)/C=C/CCCCCCCCCCCCCC. The Kier molecular flexibility index (Phi) is 37.7. The van der Waals surface area contributed by atoms with E-state index in [0.717, 1.165) is 83.5 Å². The fraction of sp³-hybridized carbons (Fsp3) is 0.879. The molecule has 3 fully saturated rings. The van der Waals surface area contributed by atoms with E-state index in [2.05, 4.69) is 43.5 Å². The predicted octanol–water partition coefficient (Wildman–Crippen LogP) is 4.93. The summed E-state index contributed by atoms with van der Waals surface area (Å²) in [4.78, 5) is 13.3. The molecule has 0 bridgehead atoms. The standard InChI is InChI=1S/C58H105NO18/c1-3-5-7-9-11-13-15-17-19-20-21-22-24-26-28-30-32-34-36-46(64)59-41(42(63)35-33-31-29-27-25-23-18-16-14-12-10-8-6-4-2)40-72-56-52(70)49(67)54(44(38-61)74-56)77-58-53(71)50(68)55(45(39-62)75-58)76-57-51(69)48(66)47(65)43(37-60)73-57/h13,15,19-20,33,35,41-45,47-58,60-63,65-71H,3-12,14,16-18,21-32,34,36-40H2,1-2H3,(H,59,64)/b15-13-,20-19-,35-33+. The molecule has 12 N–H and O–H groups in total. The van der Waals surface area contributed by atoms with Crippen LogP contribution in [-0.4, -0.2) is 193 Å². The molecule has 3 heterocycles. The van der Waals surface area contributed by atoms with Gasteiger partial charge in [-0.15, -0.1) is 0 Å². The molecular weight excluding hydrogens is 999 g/mol. The average Bonchev–Trinajstić information content (AvgIpc) is 3.42. The van der Waals surface area contributed by atoms with Gasteiger partial charge >= 0.3 is 0 Å². The first-order chi connectivity index (χ1) is 37.3. The van der Waals surface area contributed by atoms with Crippen molar-refractivity contribution in [3.8, 4) is 0 Å². The third-order valence-corrected chi connectivity index (χ3v) is 14.9. The number of amides is 1. The number of carbonyl (C=O) groups excluding carboxylic acids is 1. The summed E-state index contributed by atoms with van der Waals surface area (Å²) in [7, 11) is 0. The summed E-state index contributed by atoms with van der Waals surface area (Å²) in [5.41, 5.74) is 0. The Bertz CT molecular complexity index is 1550. The number of aliphatic hydroxyl groups excluding tert-OH is 11. The molecule has 19 heteroatoms. The Hall–Kier alpha value is -1.99. The summed E-state index contributed by atoms with van der Waals surface area (Å²) in [6.07, 6.45) is 16.9. The third kappa shape index (κ3) is 26.2. The fourth-order valence-corrected chi connectivity index (χ4v) is 9.98. The van der Waals surface area contributed by atoms with Crippen molar-refractivity contribution in [2.24, 2.45) is 0 Å². The number of ether oxygens (including phenoxy) is 6. The molecule has 0 radical (unpaired) electrons. The van der Waals surface area contributed by atoms with Gasteiger partial charge < -0.3 is 89.9 Å². The fourth-order valence-electron chi connectivity index (χ4n) is 9.98. The zero-order chi connectivity index (χ0) is 56.2. The molecule has 3 rings (SSSR count). The van der Waals surface area contributed by atoms with Crippen molar-refractivity contribution in [2.75, 3.05) is 26.4 Å². The number of carbonyl (C=O) groups is 1. The van der Waals surface area contributed by atoms with Gasteiger partial charge in [-0.3, -0.25) is 4.79 Å². The van der Waals surface area contributed by atoms with Gasteiger partial charge in [-0.2, -0.15) is 0 Å². The van der Waals surface area contributed by atoms with Crippen LogP contribution in [0.25, 0.3) is 0 Å². The van der Waals surface area contributed by atoms with Gasteiger partial charge in [0.15, 0.2) is 18.9 Å². The van der Waals surface area contributed by atoms with Gasteiger partial charge in [-0.1, -0.05) is 172 Å². The van der Waals surface area contributed by atoms with Crippen LogP contribution in [-0.2, 0) is 33.2 Å². The number of allylic oxidation sites excluding steroid dienone is 5. The van der Waals surface area contributed by atoms with Crippen LogP contribution in [0.2, 0.25) is 0 Å². The Balaban J connectivity index is 1.51. The van der Waals surface area contributed by atoms with E-state index in [4.69, 9.17) is 28.4 Å². The van der Waals surface area contributed by atoms with E-state index in [-0.39, 0.29) is 18.9 Å². The topological polar surface area (TPSA) is 307 Å². The van der Waals surface area contributed by atoms with Crippen LogP contribution < -0.4 is 5.32 Å². The second-order valence-corrected chi connectivity index (χ2v) is 21.5. The molecule has 0 saturated carbocycles. The summed E-state index contributed by atoms with van der Waals surface area (Å²) < 4.78 is 34.2. The van der Waals surface area contributed by atoms with E-state index >= 15 is 0 Å². The highest BCUT2D eigenvalue weighted by molar-refractivity contribution is 5.76. The molecule has 17 atom stereocenters. The largest absolute Gasteiger partial charge is 0.394 e. The lowest BCUT2D eigenvalue weighted by Gasteiger charge is -2.48. The van der Waals surface area contributed by atoms with E-state index in [1.165, 1.54) is 83.5 Å². The lowest BCUT2D eigenvalue weighted by Crippen LogP contribution is -2.66. The van der Waals surface area contributed by atoms with E-state index < -0.39 is 124 Å². The molecule has 450 valence electrons. The zero-order valence-corrected chi connectivity index (χ0v) is 46.7. The molecule has 0 aliphatic carbocycles. The van der Waals surface area contributed by atoms with Crippen molar-refractivity contribution in [3.05, 3.63) is 36.5 Å². The number of unbranched alkanes of at least 4 members (excludes halogenated alkanes) is 23. The molecule has 1 amide bonds. The lowest BCUT2D eigenvalue weighted by molar-refractivity contribution is -0.379. The smallest absolute Gasteiger partial charge is 0.220 e. The van der Waals surface area contributed by atoms with Crippen molar-refractivity contribution in [1.29, 1.82) is 0 Å². The molecular formula is C58H105NO18. The van der Waals surface area contributed by atoms with Crippen LogP contribution in [0.15, 0.2) is 36.5 Å². The molecule has 0 aromatic rings. The van der Waals surface area contributed by atoms with Gasteiger partial charge in [0.25, 0.3) is 0 Å². The maximum absolute atomic E-state index is 13.3. The normalized spacial score (nSPS) is 30.9. The van der Waals surface area contributed by atoms with Crippen LogP contribution in [0.4, 0.5) is 0 Å². The summed E-state index contributed by atoms with van der Waals surface area (Å²) in [5, 5.41) is 120. The maximum Gasteiger partial charge on any atom is 0.220 e. The predicted molar refractivity (Wildman–Crippen MR) is 291 cm³/mol. The number of rotatable bonds is 43. The van der Waals surface area contributed by atoms with Gasteiger partial charge in [-0.05, 0) is 51.4 Å². The molecule has 77 heavy (non-hydrogen) atoms. The highest BCUT2D eigenvalue weighted by Crippen LogP contribution is 2.33. The van der Waals surface area contributed by atoms with Crippen LogP contribution >= 0.6 is 0 Å². The molecule has 0 aromatic heterocycles. The van der Waals surface area contributed by atoms with E-state index in [0.29, 0.717) is 6.42 Å². The Morgan fingerprint density at radius 2 is 0.857 bits per heavy atom. The number of aliphatic hydroxyl groups is 11. The summed E-state index contributed by atoms with van der Waals surface area (Å²) in [5.74, 6) is -0.285. The highest BCUT2D eigenvalue weighted by Gasteiger charge is 2.53. The van der Waals surface area contributed by atoms with Gasteiger partial charge in [-0.25, -0.2) is 0 Å². The van der Waals surface area contributed by atoms with Crippen LogP contribution in [0.1, 0.15) is 194 Å². The second-order valence-electron chi connectivity index (χ2n) is 21.5.